The molecule has 0 radical (unpaired) electrons. The van der Waals surface area contributed by atoms with Crippen LogP contribution in [0, 0.1) is 0 Å². The number of alkyl halides is 3. The Morgan fingerprint density at radius 2 is 2.00 bits per heavy atom. The Bertz CT molecular complexity index is 884. The predicted molar refractivity (Wildman–Crippen MR) is 91.1 cm³/mol. The largest absolute Gasteiger partial charge is 0.416 e. The van der Waals surface area contributed by atoms with Crippen LogP contribution in [0.15, 0.2) is 36.4 Å². The minimum absolute atomic E-state index is 0.0393. The number of amides is 3. The van der Waals surface area contributed by atoms with Crippen molar-refractivity contribution in [2.24, 2.45) is 0 Å². The maximum atomic E-state index is 13.1. The lowest BCUT2D eigenvalue weighted by Crippen LogP contribution is -2.29. The van der Waals surface area contributed by atoms with Crippen LogP contribution >= 0.6 is 11.6 Å². The summed E-state index contributed by atoms with van der Waals surface area (Å²) in [4.78, 5) is 23.5. The number of benzene rings is 2. The summed E-state index contributed by atoms with van der Waals surface area (Å²) in [7, 11) is 0. The molecule has 3 rings (SSSR count). The van der Waals surface area contributed by atoms with E-state index in [1.165, 1.54) is 12.1 Å². The van der Waals surface area contributed by atoms with Gasteiger partial charge in [0.15, 0.2) is 0 Å². The van der Waals surface area contributed by atoms with Gasteiger partial charge < -0.3 is 16.0 Å². The van der Waals surface area contributed by atoms with Crippen molar-refractivity contribution >= 4 is 34.9 Å². The number of fused-ring (bicyclic) bond motifs is 1. The molecular weight excluding hydrogens is 371 g/mol. The number of carbonyl (C=O) groups excluding carboxylic acids is 2. The zero-order valence-electron chi connectivity index (χ0n) is 13.2. The molecule has 0 bridgehead atoms. The van der Waals surface area contributed by atoms with E-state index in [-0.39, 0.29) is 29.5 Å². The van der Waals surface area contributed by atoms with Crippen LogP contribution < -0.4 is 16.0 Å². The van der Waals surface area contributed by atoms with Gasteiger partial charge in [0.1, 0.15) is 0 Å². The first kappa shape index (κ1) is 18.1. The predicted octanol–water partition coefficient (Wildman–Crippen LogP) is 4.18. The molecule has 0 saturated heterocycles. The van der Waals surface area contributed by atoms with Crippen LogP contribution in [0.25, 0.3) is 0 Å². The van der Waals surface area contributed by atoms with E-state index in [1.807, 2.05) is 0 Å². The van der Waals surface area contributed by atoms with Crippen molar-refractivity contribution in [1.29, 1.82) is 0 Å². The highest BCUT2D eigenvalue weighted by Gasteiger charge is 2.33. The smallest absolute Gasteiger partial charge is 0.334 e. The Labute approximate surface area is 151 Å². The van der Waals surface area contributed by atoms with Gasteiger partial charge in [0.2, 0.25) is 5.91 Å². The maximum absolute atomic E-state index is 13.1. The summed E-state index contributed by atoms with van der Waals surface area (Å²) < 4.78 is 39.2. The van der Waals surface area contributed by atoms with E-state index in [1.54, 1.807) is 18.2 Å². The molecular formula is C17H13ClF3N3O2. The Morgan fingerprint density at radius 1 is 1.23 bits per heavy atom. The first-order valence-electron chi connectivity index (χ1n) is 7.56. The van der Waals surface area contributed by atoms with Crippen LogP contribution in [-0.2, 0) is 23.9 Å². The third-order valence-electron chi connectivity index (χ3n) is 3.85. The fourth-order valence-corrected chi connectivity index (χ4v) is 2.85. The average Bonchev–Trinajstić information content (AvgIpc) is 2.94. The van der Waals surface area contributed by atoms with Gasteiger partial charge in [-0.25, -0.2) is 4.79 Å². The Balaban J connectivity index is 1.70. The average molecular weight is 384 g/mol. The van der Waals surface area contributed by atoms with E-state index in [0.717, 1.165) is 6.07 Å². The van der Waals surface area contributed by atoms with Gasteiger partial charge in [-0.1, -0.05) is 23.7 Å². The molecule has 9 heteroatoms. The highest BCUT2D eigenvalue weighted by molar-refractivity contribution is 6.30. The SMILES string of the molecule is O=C1Cc2c(cccc2NC(=O)NCc2ccc(Cl)cc2C(F)(F)F)N1. The first-order chi connectivity index (χ1) is 12.2. The number of rotatable bonds is 3. The van der Waals surface area contributed by atoms with E-state index in [0.29, 0.717) is 16.9 Å². The van der Waals surface area contributed by atoms with Crippen molar-refractivity contribution in [3.63, 3.8) is 0 Å². The molecule has 0 aromatic heterocycles. The van der Waals surface area contributed by atoms with Gasteiger partial charge in [-0.05, 0) is 29.8 Å². The van der Waals surface area contributed by atoms with Gasteiger partial charge in [-0.15, -0.1) is 0 Å². The van der Waals surface area contributed by atoms with Gasteiger partial charge >= 0.3 is 12.2 Å². The molecule has 2 aromatic carbocycles. The number of anilines is 2. The number of carbonyl (C=O) groups is 2. The minimum Gasteiger partial charge on any atom is -0.334 e. The molecule has 0 aliphatic carbocycles. The fraction of sp³-hybridized carbons (Fsp3) is 0.176. The number of nitrogens with one attached hydrogen (secondary N) is 3. The summed E-state index contributed by atoms with van der Waals surface area (Å²) in [5.74, 6) is -0.189. The molecule has 136 valence electrons. The lowest BCUT2D eigenvalue weighted by Gasteiger charge is -2.15. The molecule has 0 saturated carbocycles. The molecule has 1 aliphatic rings. The van der Waals surface area contributed by atoms with Gasteiger partial charge in [-0.3, -0.25) is 4.79 Å². The molecule has 1 heterocycles. The molecule has 0 unspecified atom stereocenters. The quantitative estimate of drug-likeness (QED) is 0.744. The zero-order chi connectivity index (χ0) is 18.9. The molecule has 5 nitrogen and oxygen atoms in total. The third kappa shape index (κ3) is 3.91. The van der Waals surface area contributed by atoms with Crippen molar-refractivity contribution in [1.82, 2.24) is 5.32 Å². The summed E-state index contributed by atoms with van der Waals surface area (Å²) >= 11 is 5.63. The molecule has 1 aliphatic heterocycles. The van der Waals surface area contributed by atoms with Crippen molar-refractivity contribution < 1.29 is 22.8 Å². The highest BCUT2D eigenvalue weighted by atomic mass is 35.5. The van der Waals surface area contributed by atoms with Crippen LogP contribution in [0.5, 0.6) is 0 Å². The van der Waals surface area contributed by atoms with Crippen LogP contribution in [0.2, 0.25) is 5.02 Å². The molecule has 0 fully saturated rings. The second-order valence-electron chi connectivity index (χ2n) is 5.66. The summed E-state index contributed by atoms with van der Waals surface area (Å²) in [6, 6.07) is 7.65. The van der Waals surface area contributed by atoms with Crippen LogP contribution in [0.1, 0.15) is 16.7 Å². The van der Waals surface area contributed by atoms with Gasteiger partial charge in [-0.2, -0.15) is 13.2 Å². The van der Waals surface area contributed by atoms with Crippen molar-refractivity contribution in [2.45, 2.75) is 19.1 Å². The van der Waals surface area contributed by atoms with E-state index < -0.39 is 17.8 Å². The third-order valence-corrected chi connectivity index (χ3v) is 4.09. The van der Waals surface area contributed by atoms with Crippen LogP contribution in [-0.4, -0.2) is 11.9 Å². The second kappa shape index (κ2) is 6.87. The maximum Gasteiger partial charge on any atom is 0.416 e. The Hall–Kier alpha value is -2.74. The van der Waals surface area contributed by atoms with Crippen molar-refractivity contribution in [3.05, 3.63) is 58.1 Å². The number of hydrogen-bond donors (Lipinski definition) is 3. The van der Waals surface area contributed by atoms with Crippen LogP contribution in [0.4, 0.5) is 29.3 Å². The molecule has 0 spiro atoms. The Morgan fingerprint density at radius 3 is 2.73 bits per heavy atom. The lowest BCUT2D eigenvalue weighted by atomic mass is 10.1. The first-order valence-corrected chi connectivity index (χ1v) is 7.94. The Kier molecular flexibility index (Phi) is 4.78. The van der Waals surface area contributed by atoms with Gasteiger partial charge in [0, 0.05) is 28.5 Å². The standard InChI is InChI=1S/C17H13ClF3N3O2/c18-10-5-4-9(12(6-10)17(19,20)21)8-22-16(26)24-14-3-1-2-13-11(14)7-15(25)23-13/h1-6H,7-8H2,(H,23,25)(H2,22,24,26). The fourth-order valence-electron chi connectivity index (χ4n) is 2.68. The van der Waals surface area contributed by atoms with Crippen molar-refractivity contribution in [3.8, 4) is 0 Å². The summed E-state index contributed by atoms with van der Waals surface area (Å²) in [5.41, 5.74) is 0.651. The van der Waals surface area contributed by atoms with E-state index >= 15 is 0 Å². The monoisotopic (exact) mass is 383 g/mol. The van der Waals surface area contributed by atoms with Gasteiger partial charge in [0.05, 0.1) is 12.0 Å². The summed E-state index contributed by atoms with van der Waals surface area (Å²) in [5, 5.41) is 7.55. The van der Waals surface area contributed by atoms with E-state index in [2.05, 4.69) is 16.0 Å². The lowest BCUT2D eigenvalue weighted by molar-refractivity contribution is -0.138. The topological polar surface area (TPSA) is 70.2 Å². The van der Waals surface area contributed by atoms with Crippen LogP contribution in [0.3, 0.4) is 0 Å². The zero-order valence-corrected chi connectivity index (χ0v) is 14.0. The molecule has 3 amide bonds. The normalized spacial score (nSPS) is 13.2. The molecule has 3 N–H and O–H groups in total. The summed E-state index contributed by atoms with van der Waals surface area (Å²) in [6.07, 6.45) is -4.45. The minimum atomic E-state index is -4.58. The molecule has 26 heavy (non-hydrogen) atoms. The number of halogens is 4. The highest BCUT2D eigenvalue weighted by Crippen LogP contribution is 2.34. The number of hydrogen-bond acceptors (Lipinski definition) is 2. The van der Waals surface area contributed by atoms with E-state index in [9.17, 15) is 22.8 Å². The second-order valence-corrected chi connectivity index (χ2v) is 6.10. The number of urea groups is 1. The summed E-state index contributed by atoms with van der Waals surface area (Å²) in [6.45, 7) is -0.329. The van der Waals surface area contributed by atoms with Gasteiger partial charge in [0.25, 0.3) is 0 Å². The van der Waals surface area contributed by atoms with E-state index in [4.69, 9.17) is 11.6 Å². The molecule has 0 atom stereocenters. The van der Waals surface area contributed by atoms with Crippen molar-refractivity contribution in [2.75, 3.05) is 10.6 Å². The molecule has 2 aromatic rings.